The van der Waals surface area contributed by atoms with Gasteiger partial charge in [0.2, 0.25) is 0 Å². The number of nitrogens with one attached hydrogen (secondary N) is 3. The van der Waals surface area contributed by atoms with E-state index in [1.54, 1.807) is 84.7 Å². The average molecular weight is 1380 g/mol. The molecule has 28 heteroatoms. The van der Waals surface area contributed by atoms with Crippen LogP contribution >= 0.6 is 0 Å². The number of halogens is 2. The Morgan fingerprint density at radius 2 is 0.637 bits per heavy atom. The average Bonchev–Trinajstić information content (AvgIpc) is 0.843. The van der Waals surface area contributed by atoms with Gasteiger partial charge >= 0.3 is 0 Å². The maximum Gasteiger partial charge on any atom is 0.275 e. The third-order valence-corrected chi connectivity index (χ3v) is 18.8. The summed E-state index contributed by atoms with van der Waals surface area (Å²) in [7, 11) is 11.2. The van der Waals surface area contributed by atoms with Crippen molar-refractivity contribution in [3.8, 4) is 101 Å². The van der Waals surface area contributed by atoms with Crippen LogP contribution in [0.2, 0.25) is 0 Å². The molecule has 528 valence electrons. The minimum Gasteiger partial charge on any atom is -0.390 e. The van der Waals surface area contributed by atoms with Gasteiger partial charge in [-0.3, -0.25) is 28.1 Å². The molecule has 8 N–H and O–H groups in total. The molecule has 26 nitrogen and oxygen atoms in total. The van der Waals surface area contributed by atoms with Gasteiger partial charge in [-0.15, -0.1) is 0 Å². The van der Waals surface area contributed by atoms with Crippen molar-refractivity contribution in [3.63, 3.8) is 0 Å². The highest BCUT2D eigenvalue weighted by atomic mass is 19.3. The topological polar surface area (TPSA) is 321 Å². The first-order chi connectivity index (χ1) is 49.2. The van der Waals surface area contributed by atoms with E-state index in [1.165, 1.54) is 0 Å². The zero-order valence-electron chi connectivity index (χ0n) is 57.5. The molecule has 102 heavy (non-hydrogen) atoms. The van der Waals surface area contributed by atoms with Crippen molar-refractivity contribution in [3.05, 3.63) is 166 Å². The van der Waals surface area contributed by atoms with Crippen molar-refractivity contribution >= 4 is 17.5 Å². The Kier molecular flexibility index (Phi) is 20.9. The second kappa shape index (κ2) is 30.6. The molecule has 0 saturated heterocycles. The Labute approximate surface area is 587 Å². The molecule has 0 radical (unpaired) electrons. The highest BCUT2D eigenvalue weighted by Gasteiger charge is 2.46. The fourth-order valence-corrected chi connectivity index (χ4v) is 13.2. The van der Waals surface area contributed by atoms with E-state index in [1.807, 2.05) is 151 Å². The first kappa shape index (κ1) is 69.7. The van der Waals surface area contributed by atoms with Crippen LogP contribution in [-0.2, 0) is 42.3 Å². The minimum absolute atomic E-state index is 0.308. The van der Waals surface area contributed by atoms with Crippen LogP contribution in [0.15, 0.2) is 166 Å². The molecule has 0 aliphatic heterocycles. The largest absolute Gasteiger partial charge is 0.390 e. The van der Waals surface area contributed by atoms with E-state index in [0.29, 0.717) is 66.2 Å². The summed E-state index contributed by atoms with van der Waals surface area (Å²) in [4.78, 5) is 28.3. The second-order valence-corrected chi connectivity index (χ2v) is 26.6. The van der Waals surface area contributed by atoms with Crippen molar-refractivity contribution in [2.45, 2.75) is 125 Å². The molecule has 3 fully saturated rings. The molecular weight excluding hydrogens is 1300 g/mol. The summed E-state index contributed by atoms with van der Waals surface area (Å²) < 4.78 is 38.8. The third kappa shape index (κ3) is 16.2. The minimum atomic E-state index is -3.14. The van der Waals surface area contributed by atoms with Crippen molar-refractivity contribution in [2.75, 3.05) is 16.0 Å². The SMILES string of the molecule is Cn1cc(-c2cccc(-c3ncc(-c4cnn(C)c4)c(N[C@@H]4CCCC(F)(F)[C@H]4O)n3)c2)cn1.Cn1cc(-c2cccc(-c3ncc(-c4cnn(C)c4)c(N[C@@H]4CCCC[C@H](O)[C@@H]4O)n3)c2)cn1.Cn1cc(-c2cccc(-c3ncc(-c4cnn(C)c4)c(N[C@H]4CCCC[C@@H](O)[C@H]4O)n3)c2)cn1. The molecule has 0 spiro atoms. The predicted molar refractivity (Wildman–Crippen MR) is 384 cm³/mol. The number of aryl methyl sites for hydroxylation is 6. The van der Waals surface area contributed by atoms with E-state index >= 15 is 0 Å². The Morgan fingerprint density at radius 3 is 0.951 bits per heavy atom. The third-order valence-electron chi connectivity index (χ3n) is 18.8. The second-order valence-electron chi connectivity index (χ2n) is 26.6. The standard InChI is InChI=1S/2C25H29N7O2.C24H25F2N7O/c2*1-31-14-18(11-27-31)16-6-5-7-17(10-16)24-26-13-20(19-12-28-32(2)15-19)25(30-24)29-21-8-3-4-9-22(33)23(21)34;1-32-13-17(10-28-32)15-5-3-6-16(9-15)22-27-12-19(18-11-29-33(2)14-18)23(31-22)30-20-7-4-8-24(25,26)21(20)34/h2*5-7,10-15,21-23,33-34H,3-4,8-9H2,1-2H3,(H,26,29,30);3,5-6,9-14,20-21,34H,4,7-8H2,1-2H3,(H,27,30,31)/t2*21-,22+,23-;20-,21+/m101/s1. The molecule has 0 unspecified atom stereocenters. The lowest BCUT2D eigenvalue weighted by Crippen LogP contribution is -2.49. The monoisotopic (exact) mass is 1380 g/mol. The quantitative estimate of drug-likeness (QED) is 0.0442. The Hall–Kier alpha value is -10.8. The van der Waals surface area contributed by atoms with Gasteiger partial charge in [0.1, 0.15) is 23.6 Å². The van der Waals surface area contributed by atoms with Crippen LogP contribution in [-0.4, -0.2) is 169 Å². The van der Waals surface area contributed by atoms with Gasteiger partial charge in [-0.1, -0.05) is 80.3 Å². The first-order valence-electron chi connectivity index (χ1n) is 34.2. The van der Waals surface area contributed by atoms with Crippen LogP contribution in [0.1, 0.15) is 70.6 Å². The predicted octanol–water partition coefficient (Wildman–Crippen LogP) is 9.95. The lowest BCUT2D eigenvalue weighted by Gasteiger charge is -2.35. The summed E-state index contributed by atoms with van der Waals surface area (Å²) in [5, 5.41) is 87.8. The van der Waals surface area contributed by atoms with Crippen molar-refractivity contribution in [2.24, 2.45) is 42.3 Å². The van der Waals surface area contributed by atoms with Crippen molar-refractivity contribution in [1.29, 1.82) is 0 Å². The molecule has 12 aromatic rings. The van der Waals surface area contributed by atoms with E-state index in [0.717, 1.165) is 116 Å². The van der Waals surface area contributed by atoms with Crippen molar-refractivity contribution < 1.29 is 34.3 Å². The molecular formula is C74H83F2N21O5. The van der Waals surface area contributed by atoms with E-state index in [-0.39, 0.29) is 18.5 Å². The molecule has 0 amide bonds. The number of anilines is 3. The number of hydrogen-bond acceptors (Lipinski definition) is 20. The lowest BCUT2D eigenvalue weighted by atomic mass is 9.89. The van der Waals surface area contributed by atoms with Gasteiger partial charge in [-0.05, 0) is 73.4 Å². The number of aliphatic hydroxyl groups is 5. The first-order valence-corrected chi connectivity index (χ1v) is 34.2. The molecule has 3 aliphatic carbocycles. The number of aromatic nitrogens is 18. The summed E-state index contributed by atoms with van der Waals surface area (Å²) >= 11 is 0. The van der Waals surface area contributed by atoms with E-state index in [9.17, 15) is 34.3 Å². The van der Waals surface area contributed by atoms with Crippen molar-refractivity contribution in [1.82, 2.24) is 88.6 Å². The Morgan fingerprint density at radius 1 is 0.353 bits per heavy atom. The number of aliphatic hydroxyl groups excluding tert-OH is 5. The lowest BCUT2D eigenvalue weighted by molar-refractivity contribution is -0.135. The number of alkyl halides is 2. The Bertz CT molecular complexity index is 4390. The normalized spacial score (nSPS) is 20.4. The summed E-state index contributed by atoms with van der Waals surface area (Å²) in [6.07, 6.45) is 29.1. The Balaban J connectivity index is 0.000000137. The summed E-state index contributed by atoms with van der Waals surface area (Å²) in [5.41, 5.74) is 13.3. The summed E-state index contributed by atoms with van der Waals surface area (Å²) in [6, 6.07) is 22.4. The van der Waals surface area contributed by atoms with Crippen LogP contribution in [0, 0.1) is 0 Å². The summed E-state index contributed by atoms with van der Waals surface area (Å²) in [6.45, 7) is 0. The number of benzene rings is 3. The fourth-order valence-electron chi connectivity index (χ4n) is 13.2. The molecule has 15 rings (SSSR count). The van der Waals surface area contributed by atoms with Gasteiger partial charge in [-0.2, -0.15) is 30.6 Å². The highest BCUT2D eigenvalue weighted by molar-refractivity contribution is 5.80. The van der Waals surface area contributed by atoms with Crippen LogP contribution in [0.4, 0.5) is 26.2 Å². The van der Waals surface area contributed by atoms with Gasteiger partial charge in [0.05, 0.1) is 79.7 Å². The van der Waals surface area contributed by atoms with Gasteiger partial charge in [0.25, 0.3) is 5.92 Å². The zero-order valence-corrected chi connectivity index (χ0v) is 57.5. The molecule has 9 aromatic heterocycles. The van der Waals surface area contributed by atoms with Gasteiger partial charge < -0.3 is 41.5 Å². The molecule has 3 aromatic carbocycles. The maximum absolute atomic E-state index is 14.2. The zero-order chi connectivity index (χ0) is 71.2. The number of nitrogens with zero attached hydrogens (tertiary/aromatic N) is 18. The molecule has 8 atom stereocenters. The molecule has 3 saturated carbocycles. The van der Waals surface area contributed by atoms with Crippen LogP contribution in [0.5, 0.6) is 0 Å². The van der Waals surface area contributed by atoms with E-state index in [2.05, 4.69) is 61.5 Å². The number of rotatable bonds is 15. The van der Waals surface area contributed by atoms with Crippen LogP contribution in [0.3, 0.4) is 0 Å². The van der Waals surface area contributed by atoms with Gasteiger partial charge in [0, 0.05) is 171 Å². The van der Waals surface area contributed by atoms with Gasteiger partial charge in [-0.25, -0.2) is 38.7 Å². The molecule has 0 bridgehead atoms. The highest BCUT2D eigenvalue weighted by Crippen LogP contribution is 2.39. The molecule has 3 aliphatic rings. The van der Waals surface area contributed by atoms with Crippen LogP contribution in [0.25, 0.3) is 101 Å². The number of hydrogen-bond donors (Lipinski definition) is 8. The fraction of sp³-hybridized carbons (Fsp3) is 0.351. The smallest absolute Gasteiger partial charge is 0.275 e. The van der Waals surface area contributed by atoms with E-state index < -0.39 is 42.5 Å². The summed E-state index contributed by atoms with van der Waals surface area (Å²) in [5.74, 6) is 0.0579. The van der Waals surface area contributed by atoms with Crippen LogP contribution < -0.4 is 16.0 Å². The van der Waals surface area contributed by atoms with Gasteiger partial charge in [0.15, 0.2) is 17.5 Å². The maximum atomic E-state index is 14.2. The van der Waals surface area contributed by atoms with E-state index in [4.69, 9.17) is 15.0 Å². The molecule has 9 heterocycles.